The predicted molar refractivity (Wildman–Crippen MR) is 153 cm³/mol. The lowest BCUT2D eigenvalue weighted by Crippen LogP contribution is -2.33. The summed E-state index contributed by atoms with van der Waals surface area (Å²) >= 11 is 1.09. The van der Waals surface area contributed by atoms with Crippen molar-refractivity contribution in [1.82, 2.24) is 15.0 Å². The zero-order valence-corrected chi connectivity index (χ0v) is 22.5. The summed E-state index contributed by atoms with van der Waals surface area (Å²) in [7, 11) is 3.27. The minimum atomic E-state index is -0.533. The van der Waals surface area contributed by atoms with Crippen molar-refractivity contribution in [3.05, 3.63) is 75.6 Å². The van der Waals surface area contributed by atoms with Gasteiger partial charge in [0.2, 0.25) is 0 Å². The molecule has 39 heavy (non-hydrogen) atoms. The molecule has 3 aromatic rings. The summed E-state index contributed by atoms with van der Waals surface area (Å²) in [4.78, 5) is 32.3. The van der Waals surface area contributed by atoms with Gasteiger partial charge in [0.1, 0.15) is 17.2 Å². The van der Waals surface area contributed by atoms with Gasteiger partial charge >= 0.3 is 0 Å². The molecular weight excluding hydrogens is 516 g/mol. The Morgan fingerprint density at radius 3 is 2.41 bits per heavy atom. The molecule has 1 amide bonds. The Morgan fingerprint density at radius 1 is 1.10 bits per heavy atom. The molecule has 11 heteroatoms. The molecule has 0 saturated heterocycles. The Kier molecular flexibility index (Phi) is 7.60. The first-order valence-corrected chi connectivity index (χ1v) is 13.5. The van der Waals surface area contributed by atoms with Crippen LogP contribution in [0, 0.1) is 5.92 Å². The molecule has 2 heterocycles. The number of nitrogens with one attached hydrogen (secondary N) is 1. The lowest BCUT2D eigenvalue weighted by atomic mass is 9.77. The Balaban J connectivity index is 1.46. The molecule has 1 fully saturated rings. The molecule has 1 saturated carbocycles. The fraction of sp³-hybridized carbons (Fsp3) is 0.286. The Morgan fingerprint density at radius 2 is 1.77 bits per heavy atom. The number of hydrogen-bond acceptors (Lipinski definition) is 9. The van der Waals surface area contributed by atoms with Crippen LogP contribution in [0.2, 0.25) is 0 Å². The normalized spacial score (nSPS) is 19.5. The lowest BCUT2D eigenvalue weighted by molar-refractivity contribution is -0.130. The van der Waals surface area contributed by atoms with E-state index in [-0.39, 0.29) is 40.3 Å². The fourth-order valence-corrected chi connectivity index (χ4v) is 5.71. The summed E-state index contributed by atoms with van der Waals surface area (Å²) < 4.78 is 10.6. The number of rotatable bonds is 7. The number of thioether (sulfide) groups is 1. The molecule has 0 bridgehead atoms. The third kappa shape index (κ3) is 5.49. The van der Waals surface area contributed by atoms with Gasteiger partial charge in [-0.2, -0.15) is 5.10 Å². The molecule has 5 rings (SSSR count). The Bertz CT molecular complexity index is 1480. The number of hydrogen-bond donors (Lipinski definition) is 3. The van der Waals surface area contributed by atoms with Crippen molar-refractivity contribution < 1.29 is 14.3 Å². The zero-order chi connectivity index (χ0) is 27.5. The molecule has 10 nitrogen and oxygen atoms in total. The molecule has 1 aliphatic heterocycles. The van der Waals surface area contributed by atoms with Crippen LogP contribution in [0.4, 0.5) is 11.5 Å². The SMILES string of the molecule is COc1ccc(C=C2CCCC3C2=NN(C(=O)CSc2nc(N)c(N)c(=O)[nH]2)C3c2ccc(OC)cc2)cc1. The van der Waals surface area contributed by atoms with Gasteiger partial charge in [-0.05, 0) is 66.3 Å². The second kappa shape index (κ2) is 11.2. The minimum Gasteiger partial charge on any atom is -0.497 e. The van der Waals surface area contributed by atoms with Crippen molar-refractivity contribution in [3.63, 3.8) is 0 Å². The number of nitrogen functional groups attached to an aromatic ring is 2. The maximum absolute atomic E-state index is 13.6. The second-order valence-corrected chi connectivity index (χ2v) is 10.3. The number of H-pyrrole nitrogens is 1. The van der Waals surface area contributed by atoms with E-state index in [4.69, 9.17) is 26.0 Å². The summed E-state index contributed by atoms with van der Waals surface area (Å²) in [5, 5.41) is 6.72. The number of benzene rings is 2. The van der Waals surface area contributed by atoms with Gasteiger partial charge in [-0.1, -0.05) is 36.0 Å². The van der Waals surface area contributed by atoms with Gasteiger partial charge in [0, 0.05) is 5.92 Å². The van der Waals surface area contributed by atoms with Crippen LogP contribution >= 0.6 is 11.8 Å². The van der Waals surface area contributed by atoms with Gasteiger partial charge in [-0.15, -0.1) is 0 Å². The maximum Gasteiger partial charge on any atom is 0.276 e. The van der Waals surface area contributed by atoms with E-state index in [2.05, 4.69) is 16.0 Å². The van der Waals surface area contributed by atoms with Crippen LogP contribution in [0.5, 0.6) is 11.5 Å². The fourth-order valence-electron chi connectivity index (χ4n) is 4.99. The molecule has 1 aliphatic carbocycles. The van der Waals surface area contributed by atoms with E-state index < -0.39 is 5.56 Å². The van der Waals surface area contributed by atoms with Crippen molar-refractivity contribution >= 4 is 41.0 Å². The predicted octanol–water partition coefficient (Wildman–Crippen LogP) is 3.87. The quantitative estimate of drug-likeness (QED) is 0.299. The number of hydrazone groups is 1. The van der Waals surface area contributed by atoms with Gasteiger partial charge in [0.05, 0.1) is 31.7 Å². The minimum absolute atomic E-state index is 0.0139. The van der Waals surface area contributed by atoms with E-state index in [0.29, 0.717) is 0 Å². The van der Waals surface area contributed by atoms with Crippen LogP contribution in [0.1, 0.15) is 36.4 Å². The molecule has 2 aromatic carbocycles. The number of carbonyl (C=O) groups excluding carboxylic acids is 1. The molecule has 2 unspecified atom stereocenters. The second-order valence-electron chi connectivity index (χ2n) is 9.34. The highest BCUT2D eigenvalue weighted by Gasteiger charge is 2.43. The molecule has 1 aromatic heterocycles. The highest BCUT2D eigenvalue weighted by atomic mass is 32.2. The number of methoxy groups -OCH3 is 2. The molecule has 202 valence electrons. The van der Waals surface area contributed by atoms with E-state index in [1.807, 2.05) is 48.5 Å². The third-order valence-electron chi connectivity index (χ3n) is 6.97. The average Bonchev–Trinajstić information content (AvgIpc) is 3.36. The number of ether oxygens (including phenoxy) is 2. The monoisotopic (exact) mass is 546 g/mol. The zero-order valence-electron chi connectivity index (χ0n) is 21.7. The van der Waals surface area contributed by atoms with E-state index in [9.17, 15) is 9.59 Å². The lowest BCUT2D eigenvalue weighted by Gasteiger charge is -2.29. The van der Waals surface area contributed by atoms with Crippen LogP contribution < -0.4 is 26.5 Å². The van der Waals surface area contributed by atoms with E-state index in [0.717, 1.165) is 64.9 Å². The molecule has 5 N–H and O–H groups in total. The van der Waals surface area contributed by atoms with Crippen molar-refractivity contribution in [2.24, 2.45) is 11.0 Å². The van der Waals surface area contributed by atoms with Crippen molar-refractivity contribution in [2.75, 3.05) is 31.4 Å². The highest BCUT2D eigenvalue weighted by molar-refractivity contribution is 7.99. The third-order valence-corrected chi connectivity index (χ3v) is 7.82. The number of aromatic amines is 1. The highest BCUT2D eigenvalue weighted by Crippen LogP contribution is 2.45. The Hall–Kier alpha value is -4.25. The topological polar surface area (TPSA) is 149 Å². The number of anilines is 2. The van der Waals surface area contributed by atoms with Crippen LogP contribution in [0.3, 0.4) is 0 Å². The number of fused-ring (bicyclic) bond motifs is 1. The molecule has 0 spiro atoms. The standard InChI is InChI=1S/C28H30N6O4S/c1-37-19-10-6-16(7-11-19)14-18-4-3-5-21-24(18)33-34(25(21)17-8-12-20(38-2)13-9-17)22(35)15-39-28-31-26(30)23(29)27(36)32-28/h6-14,21,25H,3-5,15,29H2,1-2H3,(H3,30,31,32,36). The molecule has 0 radical (unpaired) electrons. The molecular formula is C28H30N6O4S. The van der Waals surface area contributed by atoms with Crippen molar-refractivity contribution in [3.8, 4) is 11.5 Å². The number of carbonyl (C=O) groups is 1. The number of amides is 1. The van der Waals surface area contributed by atoms with Crippen LogP contribution in [0.25, 0.3) is 6.08 Å². The first kappa shape index (κ1) is 26.4. The average molecular weight is 547 g/mol. The summed E-state index contributed by atoms with van der Waals surface area (Å²) in [6, 6.07) is 15.4. The van der Waals surface area contributed by atoms with Crippen LogP contribution in [-0.4, -0.2) is 46.6 Å². The summed E-state index contributed by atoms with van der Waals surface area (Å²) in [5.41, 5.74) is 14.7. The van der Waals surface area contributed by atoms with Crippen molar-refractivity contribution in [1.29, 1.82) is 0 Å². The largest absolute Gasteiger partial charge is 0.497 e. The van der Waals surface area contributed by atoms with Crippen LogP contribution in [0.15, 0.2) is 69.2 Å². The Labute approximate surface area is 230 Å². The maximum atomic E-state index is 13.6. The molecule has 2 aliphatic rings. The van der Waals surface area contributed by atoms with Crippen LogP contribution in [-0.2, 0) is 4.79 Å². The van der Waals surface area contributed by atoms with Gasteiger partial charge in [0.15, 0.2) is 11.0 Å². The number of aromatic nitrogens is 2. The van der Waals surface area contributed by atoms with E-state index in [1.54, 1.807) is 19.2 Å². The molecule has 2 atom stereocenters. The summed E-state index contributed by atoms with van der Waals surface area (Å²) in [6.07, 6.45) is 4.92. The first-order chi connectivity index (χ1) is 18.9. The number of nitrogens with two attached hydrogens (primary N) is 2. The number of nitrogens with zero attached hydrogens (tertiary/aromatic N) is 3. The van der Waals surface area contributed by atoms with Gasteiger partial charge in [0.25, 0.3) is 11.5 Å². The van der Waals surface area contributed by atoms with Crippen molar-refractivity contribution in [2.45, 2.75) is 30.5 Å². The van der Waals surface area contributed by atoms with Gasteiger partial charge in [-0.25, -0.2) is 9.99 Å². The smallest absolute Gasteiger partial charge is 0.276 e. The van der Waals surface area contributed by atoms with Gasteiger partial charge < -0.3 is 20.9 Å². The first-order valence-electron chi connectivity index (χ1n) is 12.6. The van der Waals surface area contributed by atoms with Gasteiger partial charge in [-0.3, -0.25) is 14.6 Å². The summed E-state index contributed by atoms with van der Waals surface area (Å²) in [5.74, 6) is 1.33. The van der Waals surface area contributed by atoms with E-state index >= 15 is 0 Å². The number of allylic oxidation sites excluding steroid dienone is 1. The van der Waals surface area contributed by atoms with E-state index in [1.165, 1.54) is 0 Å². The summed E-state index contributed by atoms with van der Waals surface area (Å²) in [6.45, 7) is 0.